The number of aromatic nitrogens is 2. The van der Waals surface area contributed by atoms with Gasteiger partial charge >= 0.3 is 0 Å². The number of nitrogens with one attached hydrogen (secondary N) is 1. The Morgan fingerprint density at radius 1 is 0.964 bits per heavy atom. The normalized spacial score (nSPS) is 14.1. The molecule has 1 fully saturated rings. The van der Waals surface area contributed by atoms with Gasteiger partial charge in [0.05, 0.1) is 19.1 Å². The van der Waals surface area contributed by atoms with Crippen LogP contribution in [0.25, 0.3) is 0 Å². The van der Waals surface area contributed by atoms with Crippen LogP contribution >= 0.6 is 0 Å². The molecule has 9 heteroatoms. The molecule has 3 aromatic rings. The lowest BCUT2D eigenvalue weighted by Gasteiger charge is -2.34. The third-order valence-electron chi connectivity index (χ3n) is 4.46. The Balaban J connectivity index is 1.34. The number of furan rings is 2. The van der Waals surface area contributed by atoms with Gasteiger partial charge in [0.15, 0.2) is 5.76 Å². The molecule has 0 atom stereocenters. The van der Waals surface area contributed by atoms with E-state index in [4.69, 9.17) is 8.83 Å². The molecule has 1 aliphatic rings. The second-order valence-corrected chi connectivity index (χ2v) is 6.26. The fraction of sp³-hybridized carbons (Fsp3) is 0.263. The van der Waals surface area contributed by atoms with E-state index in [-0.39, 0.29) is 11.8 Å². The van der Waals surface area contributed by atoms with Gasteiger partial charge in [-0.25, -0.2) is 9.97 Å². The Bertz CT molecular complexity index is 931. The van der Waals surface area contributed by atoms with Gasteiger partial charge in [-0.3, -0.25) is 9.59 Å². The molecule has 4 rings (SSSR count). The molecule has 4 heterocycles. The van der Waals surface area contributed by atoms with Crippen molar-refractivity contribution in [3.63, 3.8) is 0 Å². The van der Waals surface area contributed by atoms with Crippen molar-refractivity contribution in [3.8, 4) is 0 Å². The van der Waals surface area contributed by atoms with E-state index in [1.54, 1.807) is 46.5 Å². The first-order valence-corrected chi connectivity index (χ1v) is 8.92. The van der Waals surface area contributed by atoms with Gasteiger partial charge < -0.3 is 24.0 Å². The number of rotatable bonds is 5. The molecule has 1 aliphatic heterocycles. The minimum absolute atomic E-state index is 0.163. The maximum atomic E-state index is 12.8. The highest BCUT2D eigenvalue weighted by Gasteiger charge is 2.27. The third-order valence-corrected chi connectivity index (χ3v) is 4.46. The number of nitrogens with zero attached hydrogens (tertiary/aromatic N) is 4. The summed E-state index contributed by atoms with van der Waals surface area (Å²) in [5.41, 5.74) is 0.308. The Morgan fingerprint density at radius 3 is 2.36 bits per heavy atom. The van der Waals surface area contributed by atoms with Gasteiger partial charge in [0.25, 0.3) is 11.8 Å². The molecule has 0 unspecified atom stereocenters. The largest absolute Gasteiger partial charge is 0.467 e. The quantitative estimate of drug-likeness (QED) is 0.719. The highest BCUT2D eigenvalue weighted by Crippen LogP contribution is 2.12. The molecule has 0 aromatic carbocycles. The van der Waals surface area contributed by atoms with E-state index in [0.29, 0.717) is 50.1 Å². The van der Waals surface area contributed by atoms with Crippen LogP contribution in [-0.2, 0) is 6.54 Å². The predicted molar refractivity (Wildman–Crippen MR) is 98.6 cm³/mol. The third kappa shape index (κ3) is 3.88. The predicted octanol–water partition coefficient (Wildman–Crippen LogP) is 1.87. The van der Waals surface area contributed by atoms with Crippen LogP contribution in [0.3, 0.4) is 0 Å². The average Bonchev–Trinajstić information content (AvgIpc) is 3.46. The summed E-state index contributed by atoms with van der Waals surface area (Å²) in [5.74, 6) is 1.06. The summed E-state index contributed by atoms with van der Waals surface area (Å²) in [6.07, 6.45) is 4.61. The zero-order valence-corrected chi connectivity index (χ0v) is 15.1. The first-order valence-electron chi connectivity index (χ1n) is 8.92. The first-order chi connectivity index (χ1) is 13.7. The van der Waals surface area contributed by atoms with Crippen LogP contribution in [0.4, 0.5) is 5.95 Å². The minimum atomic E-state index is -0.187. The maximum Gasteiger partial charge on any atom is 0.289 e. The van der Waals surface area contributed by atoms with E-state index in [9.17, 15) is 9.59 Å². The van der Waals surface area contributed by atoms with Gasteiger partial charge in [0.1, 0.15) is 11.5 Å². The van der Waals surface area contributed by atoms with Crippen LogP contribution < -0.4 is 5.32 Å². The Morgan fingerprint density at radius 2 is 1.68 bits per heavy atom. The number of anilines is 1. The summed E-state index contributed by atoms with van der Waals surface area (Å²) >= 11 is 0. The van der Waals surface area contributed by atoms with Gasteiger partial charge in [0, 0.05) is 32.4 Å². The second kappa shape index (κ2) is 7.95. The van der Waals surface area contributed by atoms with Crippen molar-refractivity contribution in [1.82, 2.24) is 19.8 Å². The summed E-state index contributed by atoms with van der Waals surface area (Å²) in [6, 6.07) is 8.54. The minimum Gasteiger partial charge on any atom is -0.467 e. The molecule has 1 saturated heterocycles. The van der Waals surface area contributed by atoms with E-state index >= 15 is 0 Å². The lowest BCUT2D eigenvalue weighted by Crippen LogP contribution is -2.50. The van der Waals surface area contributed by atoms with Crippen LogP contribution in [-0.4, -0.2) is 57.8 Å². The molecular weight excluding hydrogens is 362 g/mol. The number of carbonyl (C=O) groups excluding carboxylic acids is 2. The molecule has 28 heavy (non-hydrogen) atoms. The van der Waals surface area contributed by atoms with Crippen molar-refractivity contribution < 1.29 is 18.4 Å². The summed E-state index contributed by atoms with van der Waals surface area (Å²) in [5, 5.41) is 3.03. The lowest BCUT2D eigenvalue weighted by atomic mass is 10.2. The SMILES string of the molecule is O=C(c1ccnc(NCc2ccco2)n1)N1CCN(C(=O)c2ccco2)CC1. The molecule has 0 aliphatic carbocycles. The Hall–Kier alpha value is -3.62. The molecule has 2 amide bonds. The number of amides is 2. The van der Waals surface area contributed by atoms with E-state index in [0.717, 1.165) is 5.76 Å². The highest BCUT2D eigenvalue weighted by atomic mass is 16.3. The van der Waals surface area contributed by atoms with Crippen molar-refractivity contribution in [2.45, 2.75) is 6.54 Å². The number of carbonyl (C=O) groups is 2. The molecule has 0 bridgehead atoms. The Labute approximate surface area is 161 Å². The molecule has 144 valence electrons. The second-order valence-electron chi connectivity index (χ2n) is 6.26. The van der Waals surface area contributed by atoms with Gasteiger partial charge in [-0.05, 0) is 30.3 Å². The van der Waals surface area contributed by atoms with E-state index in [2.05, 4.69) is 15.3 Å². The van der Waals surface area contributed by atoms with Gasteiger partial charge in [-0.2, -0.15) is 0 Å². The summed E-state index contributed by atoms with van der Waals surface area (Å²) in [7, 11) is 0. The molecule has 3 aromatic heterocycles. The molecule has 9 nitrogen and oxygen atoms in total. The van der Waals surface area contributed by atoms with Crippen LogP contribution in [0, 0.1) is 0 Å². The molecule has 1 N–H and O–H groups in total. The maximum absolute atomic E-state index is 12.8. The number of piperazine rings is 1. The summed E-state index contributed by atoms with van der Waals surface area (Å²) in [4.78, 5) is 36.9. The van der Waals surface area contributed by atoms with Crippen LogP contribution in [0.5, 0.6) is 0 Å². The molecule has 0 spiro atoms. The fourth-order valence-electron chi connectivity index (χ4n) is 2.97. The fourth-order valence-corrected chi connectivity index (χ4v) is 2.97. The summed E-state index contributed by atoms with van der Waals surface area (Å²) < 4.78 is 10.4. The van der Waals surface area contributed by atoms with Crippen molar-refractivity contribution in [2.75, 3.05) is 31.5 Å². The number of hydrogen-bond donors (Lipinski definition) is 1. The monoisotopic (exact) mass is 381 g/mol. The van der Waals surface area contributed by atoms with E-state index in [1.807, 2.05) is 6.07 Å². The first kappa shape index (κ1) is 17.8. The molecular formula is C19H19N5O4. The van der Waals surface area contributed by atoms with E-state index < -0.39 is 0 Å². The van der Waals surface area contributed by atoms with Crippen LogP contribution in [0.2, 0.25) is 0 Å². The average molecular weight is 381 g/mol. The van der Waals surface area contributed by atoms with Gasteiger partial charge in [-0.15, -0.1) is 0 Å². The van der Waals surface area contributed by atoms with Crippen LogP contribution in [0.1, 0.15) is 26.8 Å². The van der Waals surface area contributed by atoms with Crippen molar-refractivity contribution in [1.29, 1.82) is 0 Å². The molecule has 0 radical (unpaired) electrons. The summed E-state index contributed by atoms with van der Waals surface area (Å²) in [6.45, 7) is 2.19. The topological polar surface area (TPSA) is 105 Å². The zero-order valence-electron chi connectivity index (χ0n) is 15.1. The van der Waals surface area contributed by atoms with Crippen LogP contribution in [0.15, 0.2) is 57.9 Å². The van der Waals surface area contributed by atoms with Crippen molar-refractivity contribution in [2.24, 2.45) is 0 Å². The smallest absolute Gasteiger partial charge is 0.289 e. The van der Waals surface area contributed by atoms with Crippen molar-refractivity contribution in [3.05, 3.63) is 66.3 Å². The molecule has 0 saturated carbocycles. The van der Waals surface area contributed by atoms with E-state index in [1.165, 1.54) is 6.26 Å². The highest BCUT2D eigenvalue weighted by molar-refractivity contribution is 5.93. The van der Waals surface area contributed by atoms with Gasteiger partial charge in [-0.1, -0.05) is 0 Å². The van der Waals surface area contributed by atoms with Gasteiger partial charge in [0.2, 0.25) is 5.95 Å². The Kier molecular flexibility index (Phi) is 5.05. The zero-order chi connectivity index (χ0) is 19.3. The van der Waals surface area contributed by atoms with Crippen molar-refractivity contribution >= 4 is 17.8 Å². The number of hydrogen-bond acceptors (Lipinski definition) is 7. The lowest BCUT2D eigenvalue weighted by molar-refractivity contribution is 0.0515. The standard InChI is InChI=1S/C19H19N5O4/c25-17(15-5-6-20-19(22-15)21-13-14-3-1-11-27-14)23-7-9-24(10-8-23)18(26)16-4-2-12-28-16/h1-6,11-12H,7-10,13H2,(H,20,21,22).